The van der Waals surface area contributed by atoms with Gasteiger partial charge in [-0.1, -0.05) is 55.5 Å². The zero-order chi connectivity index (χ0) is 22.8. The molecule has 0 aliphatic rings. The van der Waals surface area contributed by atoms with Gasteiger partial charge in [0.2, 0.25) is 0 Å². The highest BCUT2D eigenvalue weighted by Crippen LogP contribution is 2.29. The van der Waals surface area contributed by atoms with E-state index >= 15 is 0 Å². The fourth-order valence-corrected chi connectivity index (χ4v) is 3.66. The van der Waals surface area contributed by atoms with E-state index in [2.05, 4.69) is 60.3 Å². The second-order valence-corrected chi connectivity index (χ2v) is 7.50. The summed E-state index contributed by atoms with van der Waals surface area (Å²) in [5.41, 5.74) is 11.2. The first-order chi connectivity index (χ1) is 16.1. The Labute approximate surface area is 188 Å². The van der Waals surface area contributed by atoms with Gasteiger partial charge in [0.15, 0.2) is 17.2 Å². The molecule has 10 heteroatoms. The van der Waals surface area contributed by atoms with Gasteiger partial charge >= 0.3 is 0 Å². The molecular formula is C23H21N9O. The highest BCUT2D eigenvalue weighted by atomic mass is 16.1. The van der Waals surface area contributed by atoms with Gasteiger partial charge in [-0.15, -0.1) is 5.10 Å². The van der Waals surface area contributed by atoms with Crippen molar-refractivity contribution >= 4 is 17.4 Å². The lowest BCUT2D eigenvalue weighted by atomic mass is 9.98. The lowest BCUT2D eigenvalue weighted by molar-refractivity contribution is 0.0995. The van der Waals surface area contributed by atoms with Gasteiger partial charge in [-0.05, 0) is 33.5 Å². The standard InChI is InChI=1S/C23H21N9O/c1-2-16-11-20(32-21(26-16)12-19(29-32)22(24)33)25-13-14-7-9-15(10-8-14)17-5-3-4-6-18(17)23-27-30-31-28-23/h3-12,25H,2,13H2,1H3,(H2,24,33)(H,27,28,30,31). The van der Waals surface area contributed by atoms with E-state index in [-0.39, 0.29) is 5.69 Å². The smallest absolute Gasteiger partial charge is 0.269 e. The number of hydrogen-bond acceptors (Lipinski definition) is 7. The Hall–Kier alpha value is -4.60. The fraction of sp³-hybridized carbons (Fsp3) is 0.130. The van der Waals surface area contributed by atoms with Crippen LogP contribution < -0.4 is 11.1 Å². The van der Waals surface area contributed by atoms with Crippen molar-refractivity contribution in [2.24, 2.45) is 5.73 Å². The summed E-state index contributed by atoms with van der Waals surface area (Å²) in [6.07, 6.45) is 0.761. The van der Waals surface area contributed by atoms with Gasteiger partial charge in [0, 0.05) is 29.9 Å². The molecular weight excluding hydrogens is 418 g/mol. The molecule has 0 fully saturated rings. The monoisotopic (exact) mass is 439 g/mol. The van der Waals surface area contributed by atoms with Crippen LogP contribution in [0.4, 0.5) is 5.82 Å². The molecule has 0 saturated heterocycles. The molecule has 10 nitrogen and oxygen atoms in total. The number of fused-ring (bicyclic) bond motifs is 1. The number of aromatic nitrogens is 7. The largest absolute Gasteiger partial charge is 0.366 e. The number of aromatic amines is 1. The third kappa shape index (κ3) is 4.01. The van der Waals surface area contributed by atoms with Crippen molar-refractivity contribution in [2.75, 3.05) is 5.32 Å². The van der Waals surface area contributed by atoms with Crippen LogP contribution in [0.15, 0.2) is 60.7 Å². The Morgan fingerprint density at radius 3 is 2.58 bits per heavy atom. The van der Waals surface area contributed by atoms with Crippen molar-refractivity contribution in [1.29, 1.82) is 0 Å². The van der Waals surface area contributed by atoms with E-state index in [9.17, 15) is 4.79 Å². The number of carbonyl (C=O) groups excluding carboxylic acids is 1. The minimum Gasteiger partial charge on any atom is -0.366 e. The van der Waals surface area contributed by atoms with Gasteiger partial charge < -0.3 is 11.1 Å². The molecule has 0 atom stereocenters. The minimum atomic E-state index is -0.582. The van der Waals surface area contributed by atoms with E-state index in [4.69, 9.17) is 5.73 Å². The van der Waals surface area contributed by atoms with Gasteiger partial charge in [-0.25, -0.2) is 10.1 Å². The van der Waals surface area contributed by atoms with Gasteiger partial charge in [-0.3, -0.25) is 4.79 Å². The molecule has 3 heterocycles. The van der Waals surface area contributed by atoms with E-state index in [1.807, 2.05) is 37.3 Å². The average Bonchev–Trinajstić information content (AvgIpc) is 3.53. The third-order valence-corrected chi connectivity index (χ3v) is 5.36. The molecule has 5 rings (SSSR count). The maximum atomic E-state index is 11.5. The number of benzene rings is 2. The average molecular weight is 439 g/mol. The Morgan fingerprint density at radius 2 is 1.88 bits per heavy atom. The van der Waals surface area contributed by atoms with Crippen LogP contribution in [0.1, 0.15) is 28.7 Å². The number of rotatable bonds is 7. The summed E-state index contributed by atoms with van der Waals surface area (Å²) in [5.74, 6) is 0.789. The number of nitrogens with one attached hydrogen (secondary N) is 2. The summed E-state index contributed by atoms with van der Waals surface area (Å²) in [5, 5.41) is 21.9. The zero-order valence-electron chi connectivity index (χ0n) is 17.9. The van der Waals surface area contributed by atoms with E-state index in [0.717, 1.165) is 40.2 Å². The number of nitrogens with zero attached hydrogens (tertiary/aromatic N) is 6. The lowest BCUT2D eigenvalue weighted by Crippen LogP contribution is -2.12. The second kappa shape index (κ2) is 8.50. The molecule has 0 spiro atoms. The van der Waals surface area contributed by atoms with Crippen LogP contribution in [-0.4, -0.2) is 41.1 Å². The maximum absolute atomic E-state index is 11.5. The zero-order valence-corrected chi connectivity index (χ0v) is 17.9. The lowest BCUT2D eigenvalue weighted by Gasteiger charge is -2.11. The van der Waals surface area contributed by atoms with Gasteiger partial charge in [0.1, 0.15) is 5.82 Å². The van der Waals surface area contributed by atoms with Crippen LogP contribution >= 0.6 is 0 Å². The number of primary amides is 1. The molecule has 0 aliphatic carbocycles. The molecule has 0 saturated carbocycles. The topological polar surface area (TPSA) is 140 Å². The van der Waals surface area contributed by atoms with Crippen molar-refractivity contribution < 1.29 is 4.79 Å². The molecule has 4 N–H and O–H groups in total. The Morgan fingerprint density at radius 1 is 1.09 bits per heavy atom. The molecule has 1 amide bonds. The van der Waals surface area contributed by atoms with E-state index < -0.39 is 5.91 Å². The number of hydrogen-bond donors (Lipinski definition) is 3. The number of H-pyrrole nitrogens is 1. The summed E-state index contributed by atoms with van der Waals surface area (Å²) < 4.78 is 1.61. The number of anilines is 1. The first-order valence-corrected chi connectivity index (χ1v) is 10.5. The second-order valence-electron chi connectivity index (χ2n) is 7.50. The first-order valence-electron chi connectivity index (χ1n) is 10.5. The van der Waals surface area contributed by atoms with Crippen LogP contribution in [0.25, 0.3) is 28.2 Å². The van der Waals surface area contributed by atoms with Gasteiger partial charge in [-0.2, -0.15) is 9.61 Å². The van der Waals surface area contributed by atoms with E-state index in [1.165, 1.54) is 0 Å². The molecule has 5 aromatic rings. The van der Waals surface area contributed by atoms with Crippen LogP contribution in [-0.2, 0) is 13.0 Å². The normalized spacial score (nSPS) is 11.1. The summed E-state index contributed by atoms with van der Waals surface area (Å²) in [4.78, 5) is 16.1. The van der Waals surface area contributed by atoms with Crippen LogP contribution in [0, 0.1) is 0 Å². The summed E-state index contributed by atoms with van der Waals surface area (Å²) in [7, 11) is 0. The van der Waals surface area contributed by atoms with E-state index in [0.29, 0.717) is 18.0 Å². The quantitative estimate of drug-likeness (QED) is 0.354. The van der Waals surface area contributed by atoms with Crippen molar-refractivity contribution in [3.05, 3.63) is 77.6 Å². The highest BCUT2D eigenvalue weighted by molar-refractivity contribution is 5.92. The molecule has 33 heavy (non-hydrogen) atoms. The maximum Gasteiger partial charge on any atom is 0.269 e. The number of aryl methyl sites for hydroxylation is 1. The summed E-state index contributed by atoms with van der Waals surface area (Å²) in [6.45, 7) is 2.60. The summed E-state index contributed by atoms with van der Waals surface area (Å²) in [6, 6.07) is 19.8. The van der Waals surface area contributed by atoms with Crippen LogP contribution in [0.2, 0.25) is 0 Å². The SMILES string of the molecule is CCc1cc(NCc2ccc(-c3ccccc3-c3nnn[nH]3)cc2)n2nc(C(N)=O)cc2n1. The van der Waals surface area contributed by atoms with Crippen LogP contribution in [0.5, 0.6) is 0 Å². The molecule has 0 radical (unpaired) electrons. The van der Waals surface area contributed by atoms with Crippen molar-refractivity contribution in [3.8, 4) is 22.5 Å². The predicted molar refractivity (Wildman–Crippen MR) is 123 cm³/mol. The highest BCUT2D eigenvalue weighted by Gasteiger charge is 2.13. The van der Waals surface area contributed by atoms with Crippen LogP contribution in [0.3, 0.4) is 0 Å². The van der Waals surface area contributed by atoms with Gasteiger partial charge in [0.05, 0.1) is 0 Å². The Bertz CT molecular complexity index is 1420. The Kier molecular flexibility index (Phi) is 5.23. The molecule has 0 unspecified atom stereocenters. The predicted octanol–water partition coefficient (Wildman–Crippen LogP) is 2.85. The van der Waals surface area contributed by atoms with Crippen molar-refractivity contribution in [1.82, 2.24) is 35.2 Å². The third-order valence-electron chi connectivity index (χ3n) is 5.36. The number of amides is 1. The fourth-order valence-electron chi connectivity index (χ4n) is 3.66. The Balaban J connectivity index is 1.39. The van der Waals surface area contributed by atoms with Crippen molar-refractivity contribution in [2.45, 2.75) is 19.9 Å². The minimum absolute atomic E-state index is 0.184. The number of carbonyl (C=O) groups is 1. The van der Waals surface area contributed by atoms with Crippen molar-refractivity contribution in [3.63, 3.8) is 0 Å². The first kappa shape index (κ1) is 20.3. The van der Waals surface area contributed by atoms with E-state index in [1.54, 1.807) is 10.6 Å². The molecule has 164 valence electrons. The molecule has 0 bridgehead atoms. The number of nitrogens with two attached hydrogens (primary N) is 1. The number of tetrazole rings is 1. The molecule has 2 aromatic carbocycles. The molecule has 3 aromatic heterocycles. The van der Waals surface area contributed by atoms with Gasteiger partial charge in [0.25, 0.3) is 5.91 Å². The summed E-state index contributed by atoms with van der Waals surface area (Å²) >= 11 is 0. The molecule has 0 aliphatic heterocycles.